The first-order chi connectivity index (χ1) is 15.8. The number of carbonyl (C=O) groups excluding carboxylic acids is 2. The Morgan fingerprint density at radius 3 is 2.09 bits per heavy atom. The van der Waals surface area contributed by atoms with Crippen molar-refractivity contribution in [3.63, 3.8) is 0 Å². The fraction of sp³-hybridized carbons (Fsp3) is 0.250. The van der Waals surface area contributed by atoms with Gasteiger partial charge in [-0.1, -0.05) is 42.5 Å². The minimum Gasteiger partial charge on any atom is -0.508 e. The Kier molecular flexibility index (Phi) is 8.34. The van der Waals surface area contributed by atoms with Crippen LogP contribution < -0.4 is 0 Å². The number of aromatic hydroxyl groups is 1. The maximum atomic E-state index is 12.1. The molecular weight excluding hydrogens is 432 g/mol. The monoisotopic (exact) mass is 456 g/mol. The van der Waals surface area contributed by atoms with Crippen molar-refractivity contribution in [2.45, 2.75) is 30.7 Å². The molecular formula is C24H24O9. The first-order valence-corrected chi connectivity index (χ1v) is 10.1. The summed E-state index contributed by atoms with van der Waals surface area (Å²) >= 11 is 0. The fourth-order valence-electron chi connectivity index (χ4n) is 3.00. The van der Waals surface area contributed by atoms with Crippen LogP contribution in [-0.4, -0.2) is 69.7 Å². The Labute approximate surface area is 189 Å². The molecule has 5 unspecified atom stereocenters. The number of phenols is 1. The van der Waals surface area contributed by atoms with Crippen LogP contribution in [0.1, 0.15) is 11.1 Å². The van der Waals surface area contributed by atoms with Crippen molar-refractivity contribution in [3.05, 3.63) is 77.9 Å². The molecule has 1 fully saturated rings. The average molecular weight is 456 g/mol. The molecule has 3 rings (SSSR count). The Morgan fingerprint density at radius 2 is 1.42 bits per heavy atom. The summed E-state index contributed by atoms with van der Waals surface area (Å²) in [4.78, 5) is 24.0. The second-order valence-corrected chi connectivity index (χ2v) is 7.25. The minimum absolute atomic E-state index is 0.0877. The molecule has 9 heteroatoms. The fourth-order valence-corrected chi connectivity index (χ4v) is 3.00. The zero-order chi connectivity index (χ0) is 23.8. The second-order valence-electron chi connectivity index (χ2n) is 7.25. The SMILES string of the molecule is O=C(C=Cc1ccc(O)cc1)OCC1OC(OC(=O)C=Cc2ccccc2)C(O)C(O)C1O. The molecule has 1 heterocycles. The van der Waals surface area contributed by atoms with Crippen molar-refractivity contribution in [1.82, 2.24) is 0 Å². The van der Waals surface area contributed by atoms with Crippen LogP contribution in [0.3, 0.4) is 0 Å². The van der Waals surface area contributed by atoms with Gasteiger partial charge in [0, 0.05) is 12.2 Å². The topological polar surface area (TPSA) is 143 Å². The molecule has 2 aromatic carbocycles. The van der Waals surface area contributed by atoms with E-state index in [1.54, 1.807) is 36.4 Å². The van der Waals surface area contributed by atoms with E-state index in [1.807, 2.05) is 6.07 Å². The van der Waals surface area contributed by atoms with Gasteiger partial charge in [0.15, 0.2) is 0 Å². The summed E-state index contributed by atoms with van der Waals surface area (Å²) in [6, 6.07) is 15.1. The first kappa shape index (κ1) is 24.1. The Morgan fingerprint density at radius 1 is 0.818 bits per heavy atom. The van der Waals surface area contributed by atoms with E-state index in [1.165, 1.54) is 24.3 Å². The van der Waals surface area contributed by atoms with Gasteiger partial charge in [-0.3, -0.25) is 0 Å². The Balaban J connectivity index is 1.54. The van der Waals surface area contributed by atoms with Gasteiger partial charge in [-0.05, 0) is 35.4 Å². The molecule has 0 radical (unpaired) electrons. The van der Waals surface area contributed by atoms with Gasteiger partial charge in [0.25, 0.3) is 0 Å². The third-order valence-corrected chi connectivity index (χ3v) is 4.81. The molecule has 1 saturated heterocycles. The molecule has 9 nitrogen and oxygen atoms in total. The van der Waals surface area contributed by atoms with Crippen LogP contribution in [0.5, 0.6) is 5.75 Å². The van der Waals surface area contributed by atoms with E-state index in [0.29, 0.717) is 5.56 Å². The summed E-state index contributed by atoms with van der Waals surface area (Å²) in [6.45, 7) is -0.461. The van der Waals surface area contributed by atoms with Gasteiger partial charge < -0.3 is 34.6 Å². The van der Waals surface area contributed by atoms with Gasteiger partial charge in [0.1, 0.15) is 36.8 Å². The number of hydrogen-bond acceptors (Lipinski definition) is 9. The van der Waals surface area contributed by atoms with Crippen LogP contribution in [0.2, 0.25) is 0 Å². The minimum atomic E-state index is -1.70. The maximum absolute atomic E-state index is 12.1. The highest BCUT2D eigenvalue weighted by Crippen LogP contribution is 2.23. The van der Waals surface area contributed by atoms with Crippen molar-refractivity contribution < 1.29 is 44.2 Å². The molecule has 33 heavy (non-hydrogen) atoms. The highest BCUT2D eigenvalue weighted by Gasteiger charge is 2.45. The standard InChI is InChI=1S/C24H24O9/c25-17-10-6-16(7-11-17)8-12-19(26)31-14-18-21(28)22(29)23(30)24(32-18)33-20(27)13-9-15-4-2-1-3-5-15/h1-13,18,21-25,28-30H,14H2. The zero-order valence-electron chi connectivity index (χ0n) is 17.4. The van der Waals surface area contributed by atoms with Crippen LogP contribution in [0.15, 0.2) is 66.7 Å². The van der Waals surface area contributed by atoms with Gasteiger partial charge in [-0.25, -0.2) is 9.59 Å². The lowest BCUT2D eigenvalue weighted by Gasteiger charge is -2.39. The smallest absolute Gasteiger partial charge is 0.333 e. The van der Waals surface area contributed by atoms with Crippen LogP contribution in [-0.2, 0) is 23.8 Å². The van der Waals surface area contributed by atoms with Crippen LogP contribution in [0.4, 0.5) is 0 Å². The molecule has 0 aromatic heterocycles. The maximum Gasteiger partial charge on any atom is 0.333 e. The van der Waals surface area contributed by atoms with E-state index in [0.717, 1.165) is 17.7 Å². The lowest BCUT2D eigenvalue weighted by Crippen LogP contribution is -2.59. The number of rotatable bonds is 7. The predicted molar refractivity (Wildman–Crippen MR) is 116 cm³/mol. The molecule has 174 valence electrons. The largest absolute Gasteiger partial charge is 0.508 e. The van der Waals surface area contributed by atoms with Crippen LogP contribution >= 0.6 is 0 Å². The molecule has 4 N–H and O–H groups in total. The van der Waals surface area contributed by atoms with E-state index in [-0.39, 0.29) is 5.75 Å². The lowest BCUT2D eigenvalue weighted by molar-refractivity contribution is -0.291. The number of phenolic OH excluding ortho intramolecular Hbond substituents is 1. The second kappa shape index (κ2) is 11.4. The zero-order valence-corrected chi connectivity index (χ0v) is 17.4. The molecule has 2 aromatic rings. The molecule has 0 saturated carbocycles. The molecule has 0 spiro atoms. The quantitative estimate of drug-likeness (QED) is 0.355. The summed E-state index contributed by atoms with van der Waals surface area (Å²) < 4.78 is 15.4. The molecule has 1 aliphatic heterocycles. The molecule has 0 aliphatic carbocycles. The normalized spacial score (nSPS) is 25.2. The number of esters is 2. The van der Waals surface area contributed by atoms with Gasteiger partial charge in [-0.2, -0.15) is 0 Å². The third-order valence-electron chi connectivity index (χ3n) is 4.81. The van der Waals surface area contributed by atoms with E-state index < -0.39 is 49.3 Å². The van der Waals surface area contributed by atoms with Crippen molar-refractivity contribution in [3.8, 4) is 5.75 Å². The number of aliphatic hydroxyl groups is 3. The molecule has 5 atom stereocenters. The summed E-state index contributed by atoms with van der Waals surface area (Å²) in [7, 11) is 0. The van der Waals surface area contributed by atoms with Gasteiger partial charge in [-0.15, -0.1) is 0 Å². The van der Waals surface area contributed by atoms with E-state index in [2.05, 4.69) is 0 Å². The van der Waals surface area contributed by atoms with Gasteiger partial charge in [0.2, 0.25) is 6.29 Å². The van der Waals surface area contributed by atoms with Crippen molar-refractivity contribution >= 4 is 24.1 Å². The number of benzene rings is 2. The number of hydrogen-bond donors (Lipinski definition) is 4. The first-order valence-electron chi connectivity index (χ1n) is 10.1. The van der Waals surface area contributed by atoms with Gasteiger partial charge >= 0.3 is 11.9 Å². The predicted octanol–water partition coefficient (Wildman–Crippen LogP) is 1.01. The number of aliphatic hydroxyl groups excluding tert-OH is 3. The summed E-state index contributed by atoms with van der Waals surface area (Å²) in [6.07, 6.45) is -2.56. The van der Waals surface area contributed by atoms with E-state index in [9.17, 15) is 30.0 Å². The van der Waals surface area contributed by atoms with Crippen molar-refractivity contribution in [2.24, 2.45) is 0 Å². The molecule has 0 bridgehead atoms. The Bertz CT molecular complexity index is 985. The van der Waals surface area contributed by atoms with Crippen LogP contribution in [0.25, 0.3) is 12.2 Å². The molecule has 1 aliphatic rings. The van der Waals surface area contributed by atoms with Crippen molar-refractivity contribution in [2.75, 3.05) is 6.61 Å². The van der Waals surface area contributed by atoms with Crippen molar-refractivity contribution in [1.29, 1.82) is 0 Å². The highest BCUT2D eigenvalue weighted by molar-refractivity contribution is 5.87. The van der Waals surface area contributed by atoms with Gasteiger partial charge in [0.05, 0.1) is 0 Å². The number of ether oxygens (including phenoxy) is 3. The summed E-state index contributed by atoms with van der Waals surface area (Å²) in [5.74, 6) is -1.50. The van der Waals surface area contributed by atoms with E-state index >= 15 is 0 Å². The lowest BCUT2D eigenvalue weighted by atomic mass is 9.99. The third kappa shape index (κ3) is 6.99. The van der Waals surface area contributed by atoms with Crippen LogP contribution in [0, 0.1) is 0 Å². The molecule has 0 amide bonds. The summed E-state index contributed by atoms with van der Waals surface area (Å²) in [5.41, 5.74) is 1.40. The number of carbonyl (C=O) groups is 2. The summed E-state index contributed by atoms with van der Waals surface area (Å²) in [5, 5.41) is 39.6. The Hall–Kier alpha value is -3.50. The average Bonchev–Trinajstić information content (AvgIpc) is 2.82. The highest BCUT2D eigenvalue weighted by atomic mass is 16.7. The van der Waals surface area contributed by atoms with E-state index in [4.69, 9.17) is 14.2 Å².